The fourth-order valence-corrected chi connectivity index (χ4v) is 3.21. The highest BCUT2D eigenvalue weighted by Gasteiger charge is 2.40. The SMILES string of the molecule is CC(NC(=O)C1(CN)CCCC1)c1cc2ccccc2o1.Cl. The molecule has 4 nitrogen and oxygen atoms in total. The van der Waals surface area contributed by atoms with Gasteiger partial charge in [0.25, 0.3) is 0 Å². The summed E-state index contributed by atoms with van der Waals surface area (Å²) >= 11 is 0. The summed E-state index contributed by atoms with van der Waals surface area (Å²) in [6.45, 7) is 2.38. The Bertz CT molecular complexity index is 614. The highest BCUT2D eigenvalue weighted by molar-refractivity contribution is 5.85. The molecule has 22 heavy (non-hydrogen) atoms. The van der Waals surface area contributed by atoms with Gasteiger partial charge >= 0.3 is 0 Å². The Morgan fingerprint density at radius 3 is 2.68 bits per heavy atom. The molecule has 120 valence electrons. The first-order chi connectivity index (χ1) is 10.1. The second-order valence-electron chi connectivity index (χ2n) is 6.07. The van der Waals surface area contributed by atoms with Crippen molar-refractivity contribution < 1.29 is 9.21 Å². The van der Waals surface area contributed by atoms with E-state index in [-0.39, 0.29) is 29.8 Å². The van der Waals surface area contributed by atoms with Crippen molar-refractivity contribution >= 4 is 29.3 Å². The summed E-state index contributed by atoms with van der Waals surface area (Å²) < 4.78 is 5.81. The summed E-state index contributed by atoms with van der Waals surface area (Å²) in [5.74, 6) is 0.852. The molecule has 1 fully saturated rings. The summed E-state index contributed by atoms with van der Waals surface area (Å²) in [5, 5.41) is 4.14. The van der Waals surface area contributed by atoms with Crippen molar-refractivity contribution in [3.8, 4) is 0 Å². The smallest absolute Gasteiger partial charge is 0.228 e. The summed E-state index contributed by atoms with van der Waals surface area (Å²) in [7, 11) is 0. The maximum Gasteiger partial charge on any atom is 0.228 e. The Morgan fingerprint density at radius 2 is 2.05 bits per heavy atom. The van der Waals surface area contributed by atoms with Crippen molar-refractivity contribution in [3.63, 3.8) is 0 Å². The van der Waals surface area contributed by atoms with Crippen LogP contribution in [-0.4, -0.2) is 12.5 Å². The van der Waals surface area contributed by atoms with Crippen LogP contribution in [0.2, 0.25) is 0 Å². The van der Waals surface area contributed by atoms with E-state index in [1.165, 1.54) is 0 Å². The fraction of sp³-hybridized carbons (Fsp3) is 0.471. The van der Waals surface area contributed by atoms with Crippen molar-refractivity contribution in [2.75, 3.05) is 6.54 Å². The molecular weight excluding hydrogens is 300 g/mol. The van der Waals surface area contributed by atoms with E-state index in [0.717, 1.165) is 42.4 Å². The van der Waals surface area contributed by atoms with Crippen molar-refractivity contribution in [3.05, 3.63) is 36.1 Å². The van der Waals surface area contributed by atoms with E-state index in [9.17, 15) is 4.79 Å². The van der Waals surface area contributed by atoms with Gasteiger partial charge < -0.3 is 15.5 Å². The molecule has 1 saturated carbocycles. The minimum atomic E-state index is -0.375. The van der Waals surface area contributed by atoms with Gasteiger partial charge in [0.1, 0.15) is 11.3 Å². The summed E-state index contributed by atoms with van der Waals surface area (Å²) in [6.07, 6.45) is 3.96. The molecule has 1 heterocycles. The number of benzene rings is 1. The molecule has 1 aromatic carbocycles. The third-order valence-corrected chi connectivity index (χ3v) is 4.65. The molecule has 0 spiro atoms. The molecule has 0 bridgehead atoms. The second kappa shape index (κ2) is 6.71. The predicted molar refractivity (Wildman–Crippen MR) is 90.0 cm³/mol. The number of nitrogens with two attached hydrogens (primary N) is 1. The molecule has 1 aliphatic carbocycles. The average Bonchev–Trinajstić information content (AvgIpc) is 3.14. The molecule has 0 aliphatic heterocycles. The van der Waals surface area contributed by atoms with Crippen LogP contribution < -0.4 is 11.1 Å². The molecule has 3 rings (SSSR count). The van der Waals surface area contributed by atoms with Gasteiger partial charge in [-0.1, -0.05) is 31.0 Å². The summed E-state index contributed by atoms with van der Waals surface area (Å²) in [5.41, 5.74) is 6.34. The van der Waals surface area contributed by atoms with Gasteiger partial charge in [0, 0.05) is 11.9 Å². The first kappa shape index (κ1) is 16.8. The number of carbonyl (C=O) groups is 1. The van der Waals surface area contributed by atoms with Crippen LogP contribution in [0, 0.1) is 5.41 Å². The molecule has 0 saturated heterocycles. The van der Waals surface area contributed by atoms with Crippen LogP contribution in [0.5, 0.6) is 0 Å². The molecule has 1 aliphatic rings. The third-order valence-electron chi connectivity index (χ3n) is 4.65. The average molecular weight is 323 g/mol. The molecule has 0 radical (unpaired) electrons. The predicted octanol–water partition coefficient (Wildman–Crippen LogP) is 3.55. The van der Waals surface area contributed by atoms with Gasteiger partial charge in [-0.3, -0.25) is 4.79 Å². The van der Waals surface area contributed by atoms with Crippen molar-refractivity contribution in [1.82, 2.24) is 5.32 Å². The Labute approximate surface area is 136 Å². The molecule has 5 heteroatoms. The van der Waals surface area contributed by atoms with E-state index < -0.39 is 0 Å². The lowest BCUT2D eigenvalue weighted by Crippen LogP contribution is -2.44. The Balaban J connectivity index is 0.00000176. The standard InChI is InChI=1S/C17H22N2O2.ClH/c1-12(15-10-13-6-2-3-7-14(13)21-15)19-16(20)17(11-18)8-4-5-9-17;/h2-3,6-7,10,12H,4-5,8-9,11,18H2,1H3,(H,19,20);1H. The molecule has 1 amide bonds. The maximum atomic E-state index is 12.6. The molecule has 1 atom stereocenters. The van der Waals surface area contributed by atoms with Crippen molar-refractivity contribution in [2.24, 2.45) is 11.1 Å². The number of amides is 1. The maximum absolute atomic E-state index is 12.6. The van der Waals surface area contributed by atoms with Gasteiger partial charge in [-0.2, -0.15) is 0 Å². The van der Waals surface area contributed by atoms with E-state index >= 15 is 0 Å². The van der Waals surface area contributed by atoms with Crippen LogP contribution in [0.25, 0.3) is 11.0 Å². The van der Waals surface area contributed by atoms with Gasteiger partial charge in [-0.25, -0.2) is 0 Å². The fourth-order valence-electron chi connectivity index (χ4n) is 3.21. The Morgan fingerprint density at radius 1 is 1.36 bits per heavy atom. The Hall–Kier alpha value is -1.52. The zero-order chi connectivity index (χ0) is 14.9. The largest absolute Gasteiger partial charge is 0.459 e. The van der Waals surface area contributed by atoms with Crippen LogP contribution in [-0.2, 0) is 4.79 Å². The van der Waals surface area contributed by atoms with Gasteiger partial charge in [0.05, 0.1) is 11.5 Å². The Kier molecular flexibility index (Phi) is 5.14. The van der Waals surface area contributed by atoms with Gasteiger partial charge in [-0.05, 0) is 31.9 Å². The number of nitrogens with one attached hydrogen (secondary N) is 1. The first-order valence-corrected chi connectivity index (χ1v) is 7.64. The molecular formula is C17H23ClN2O2. The second-order valence-corrected chi connectivity index (χ2v) is 6.07. The number of fused-ring (bicyclic) bond motifs is 1. The minimum Gasteiger partial charge on any atom is -0.459 e. The van der Waals surface area contributed by atoms with E-state index in [1.807, 2.05) is 37.3 Å². The number of hydrogen-bond donors (Lipinski definition) is 2. The zero-order valence-corrected chi connectivity index (χ0v) is 13.6. The third kappa shape index (κ3) is 2.99. The van der Waals surface area contributed by atoms with Crippen molar-refractivity contribution in [1.29, 1.82) is 0 Å². The summed E-state index contributed by atoms with van der Waals surface area (Å²) in [6, 6.07) is 9.72. The lowest BCUT2D eigenvalue weighted by Gasteiger charge is -2.27. The number of carbonyl (C=O) groups excluding carboxylic acids is 1. The van der Waals surface area contributed by atoms with Crippen LogP contribution >= 0.6 is 12.4 Å². The number of halogens is 1. The van der Waals surface area contributed by atoms with Crippen LogP contribution in [0.1, 0.15) is 44.4 Å². The van der Waals surface area contributed by atoms with E-state index in [1.54, 1.807) is 0 Å². The highest BCUT2D eigenvalue weighted by Crippen LogP contribution is 2.38. The normalized spacial score (nSPS) is 17.9. The van der Waals surface area contributed by atoms with Gasteiger partial charge in [0.2, 0.25) is 5.91 Å². The van der Waals surface area contributed by atoms with Crippen molar-refractivity contribution in [2.45, 2.75) is 38.6 Å². The lowest BCUT2D eigenvalue weighted by atomic mass is 9.85. The van der Waals surface area contributed by atoms with Crippen LogP contribution in [0.3, 0.4) is 0 Å². The monoisotopic (exact) mass is 322 g/mol. The lowest BCUT2D eigenvalue weighted by molar-refractivity contribution is -0.131. The zero-order valence-electron chi connectivity index (χ0n) is 12.8. The van der Waals surface area contributed by atoms with Crippen LogP contribution in [0.4, 0.5) is 0 Å². The van der Waals surface area contributed by atoms with Crippen LogP contribution in [0.15, 0.2) is 34.7 Å². The topological polar surface area (TPSA) is 68.3 Å². The highest BCUT2D eigenvalue weighted by atomic mass is 35.5. The van der Waals surface area contributed by atoms with E-state index in [0.29, 0.717) is 6.54 Å². The molecule has 1 aromatic heterocycles. The summed E-state index contributed by atoms with van der Waals surface area (Å²) in [4.78, 5) is 12.6. The first-order valence-electron chi connectivity index (χ1n) is 7.64. The van der Waals surface area contributed by atoms with Gasteiger partial charge in [-0.15, -0.1) is 12.4 Å². The molecule has 3 N–H and O–H groups in total. The number of hydrogen-bond acceptors (Lipinski definition) is 3. The molecule has 1 unspecified atom stereocenters. The quantitative estimate of drug-likeness (QED) is 0.904. The number of rotatable bonds is 4. The van der Waals surface area contributed by atoms with E-state index in [4.69, 9.17) is 10.2 Å². The molecule has 2 aromatic rings. The van der Waals surface area contributed by atoms with Gasteiger partial charge in [0.15, 0.2) is 0 Å². The number of furan rings is 1. The number of para-hydroxylation sites is 1. The minimum absolute atomic E-state index is 0. The van der Waals surface area contributed by atoms with E-state index in [2.05, 4.69) is 5.32 Å².